The summed E-state index contributed by atoms with van der Waals surface area (Å²) in [6, 6.07) is -0.198. The molecule has 3 heterocycles. The minimum Gasteiger partial charge on any atom is -0.479 e. The van der Waals surface area contributed by atoms with Crippen LogP contribution in [0.3, 0.4) is 0 Å². The molecule has 0 bridgehead atoms. The number of aromatic nitrogens is 2. The monoisotopic (exact) mass is 235 g/mol. The van der Waals surface area contributed by atoms with E-state index < -0.39 is 0 Å². The molecule has 1 atom stereocenters. The summed E-state index contributed by atoms with van der Waals surface area (Å²) in [7, 11) is 1.53. The molecule has 0 aromatic carbocycles. The molecule has 2 aliphatic rings. The van der Waals surface area contributed by atoms with Crippen LogP contribution in [-0.2, 0) is 4.79 Å². The standard InChI is InChI=1S/C10H13N5O2/c1-17-10-7-8(12-5-13-10)15-3-2-11-4-6(15)9(16)14-7/h5-6,11H,2-4H2,1H3,(H,14,16). The van der Waals surface area contributed by atoms with Crippen molar-refractivity contribution in [2.75, 3.05) is 37.0 Å². The first-order valence-electron chi connectivity index (χ1n) is 5.48. The summed E-state index contributed by atoms with van der Waals surface area (Å²) < 4.78 is 5.13. The van der Waals surface area contributed by atoms with Gasteiger partial charge in [0.05, 0.1) is 7.11 Å². The fourth-order valence-electron chi connectivity index (χ4n) is 2.24. The Kier molecular flexibility index (Phi) is 2.32. The Morgan fingerprint density at radius 1 is 1.53 bits per heavy atom. The normalized spacial score (nSPS) is 22.5. The second-order valence-corrected chi connectivity index (χ2v) is 3.98. The van der Waals surface area contributed by atoms with Crippen molar-refractivity contribution in [3.8, 4) is 5.88 Å². The fraction of sp³-hybridized carbons (Fsp3) is 0.500. The Hall–Kier alpha value is -1.89. The van der Waals surface area contributed by atoms with Crippen molar-refractivity contribution in [3.63, 3.8) is 0 Å². The van der Waals surface area contributed by atoms with Crippen LogP contribution >= 0.6 is 0 Å². The summed E-state index contributed by atoms with van der Waals surface area (Å²) in [4.78, 5) is 22.2. The number of nitrogens with zero attached hydrogens (tertiary/aromatic N) is 3. The third-order valence-electron chi connectivity index (χ3n) is 3.05. The van der Waals surface area contributed by atoms with Crippen LogP contribution in [0.5, 0.6) is 5.88 Å². The third-order valence-corrected chi connectivity index (χ3v) is 3.05. The van der Waals surface area contributed by atoms with Crippen molar-refractivity contribution in [1.82, 2.24) is 15.3 Å². The number of hydrogen-bond donors (Lipinski definition) is 2. The van der Waals surface area contributed by atoms with Gasteiger partial charge in [0.2, 0.25) is 11.8 Å². The highest BCUT2D eigenvalue weighted by Gasteiger charge is 2.37. The molecule has 0 radical (unpaired) electrons. The van der Waals surface area contributed by atoms with Crippen LogP contribution in [0.15, 0.2) is 6.33 Å². The van der Waals surface area contributed by atoms with Crippen LogP contribution in [0.2, 0.25) is 0 Å². The Balaban J connectivity index is 2.08. The maximum absolute atomic E-state index is 12.0. The first-order chi connectivity index (χ1) is 8.31. The van der Waals surface area contributed by atoms with Crippen molar-refractivity contribution in [3.05, 3.63) is 6.33 Å². The van der Waals surface area contributed by atoms with E-state index in [-0.39, 0.29) is 11.9 Å². The third kappa shape index (κ3) is 1.50. The van der Waals surface area contributed by atoms with Gasteiger partial charge in [0.15, 0.2) is 5.82 Å². The molecular formula is C10H13N5O2. The lowest BCUT2D eigenvalue weighted by Gasteiger charge is -2.40. The van der Waals surface area contributed by atoms with Gasteiger partial charge in [-0.1, -0.05) is 0 Å². The van der Waals surface area contributed by atoms with E-state index in [1.807, 2.05) is 4.90 Å². The molecular weight excluding hydrogens is 222 g/mol. The zero-order valence-corrected chi connectivity index (χ0v) is 9.43. The van der Waals surface area contributed by atoms with Gasteiger partial charge in [0.1, 0.15) is 18.1 Å². The molecule has 0 spiro atoms. The topological polar surface area (TPSA) is 79.4 Å². The van der Waals surface area contributed by atoms with E-state index in [1.54, 1.807) is 0 Å². The number of amides is 1. The van der Waals surface area contributed by atoms with Crippen LogP contribution in [-0.4, -0.2) is 48.7 Å². The SMILES string of the molecule is COc1ncnc2c1NC(=O)C1CNCCN21. The zero-order chi connectivity index (χ0) is 11.8. The Morgan fingerprint density at radius 2 is 2.41 bits per heavy atom. The quantitative estimate of drug-likeness (QED) is 0.664. The number of anilines is 2. The van der Waals surface area contributed by atoms with Gasteiger partial charge < -0.3 is 20.3 Å². The number of carbonyl (C=O) groups is 1. The zero-order valence-electron chi connectivity index (χ0n) is 9.43. The van der Waals surface area contributed by atoms with E-state index >= 15 is 0 Å². The molecule has 1 unspecified atom stereocenters. The fourth-order valence-corrected chi connectivity index (χ4v) is 2.24. The van der Waals surface area contributed by atoms with Crippen molar-refractivity contribution < 1.29 is 9.53 Å². The van der Waals surface area contributed by atoms with Crippen molar-refractivity contribution in [2.45, 2.75) is 6.04 Å². The molecule has 7 nitrogen and oxygen atoms in total. The number of piperazine rings is 1. The molecule has 1 aromatic rings. The number of rotatable bonds is 1. The molecule has 1 saturated heterocycles. The molecule has 0 aliphatic carbocycles. The number of hydrogen-bond acceptors (Lipinski definition) is 6. The number of carbonyl (C=O) groups excluding carboxylic acids is 1. The lowest BCUT2D eigenvalue weighted by molar-refractivity contribution is -0.117. The van der Waals surface area contributed by atoms with Gasteiger partial charge in [-0.25, -0.2) is 4.98 Å². The van der Waals surface area contributed by atoms with Crippen LogP contribution in [0.4, 0.5) is 11.5 Å². The maximum Gasteiger partial charge on any atom is 0.248 e. The molecule has 1 fully saturated rings. The van der Waals surface area contributed by atoms with Gasteiger partial charge in [-0.15, -0.1) is 0 Å². The predicted octanol–water partition coefficient (Wildman–Crippen LogP) is -0.784. The molecule has 90 valence electrons. The highest BCUT2D eigenvalue weighted by molar-refractivity contribution is 6.04. The van der Waals surface area contributed by atoms with Crippen LogP contribution < -0.4 is 20.3 Å². The molecule has 7 heteroatoms. The summed E-state index contributed by atoms with van der Waals surface area (Å²) in [5.41, 5.74) is 0.568. The molecule has 2 N–H and O–H groups in total. The minimum absolute atomic E-state index is 0.0437. The summed E-state index contributed by atoms with van der Waals surface area (Å²) >= 11 is 0. The molecule has 3 rings (SSSR count). The Bertz CT molecular complexity index is 464. The summed E-state index contributed by atoms with van der Waals surface area (Å²) in [6.45, 7) is 2.23. The molecule has 1 aromatic heterocycles. The number of nitrogens with one attached hydrogen (secondary N) is 2. The molecule has 17 heavy (non-hydrogen) atoms. The molecule has 0 saturated carbocycles. The average molecular weight is 235 g/mol. The summed E-state index contributed by atoms with van der Waals surface area (Å²) in [5.74, 6) is 1.10. The largest absolute Gasteiger partial charge is 0.479 e. The van der Waals surface area contributed by atoms with Crippen molar-refractivity contribution in [2.24, 2.45) is 0 Å². The molecule has 2 aliphatic heterocycles. The summed E-state index contributed by atoms with van der Waals surface area (Å²) in [6.07, 6.45) is 1.45. The maximum atomic E-state index is 12.0. The lowest BCUT2D eigenvalue weighted by Crippen LogP contribution is -2.59. The Labute approximate surface area is 98.2 Å². The van der Waals surface area contributed by atoms with Gasteiger partial charge in [0.25, 0.3) is 0 Å². The second-order valence-electron chi connectivity index (χ2n) is 3.98. The second kappa shape index (κ2) is 3.85. The van der Waals surface area contributed by atoms with Crippen LogP contribution in [0.25, 0.3) is 0 Å². The number of fused-ring (bicyclic) bond motifs is 3. The van der Waals surface area contributed by atoms with Crippen LogP contribution in [0.1, 0.15) is 0 Å². The van der Waals surface area contributed by atoms with E-state index in [0.717, 1.165) is 18.9 Å². The highest BCUT2D eigenvalue weighted by atomic mass is 16.5. The molecule has 1 amide bonds. The van der Waals surface area contributed by atoms with E-state index in [2.05, 4.69) is 20.6 Å². The first kappa shape index (κ1) is 10.3. The van der Waals surface area contributed by atoms with E-state index in [0.29, 0.717) is 18.1 Å². The van der Waals surface area contributed by atoms with Crippen molar-refractivity contribution in [1.29, 1.82) is 0 Å². The van der Waals surface area contributed by atoms with Gasteiger partial charge in [-0.3, -0.25) is 4.79 Å². The van der Waals surface area contributed by atoms with E-state index in [4.69, 9.17) is 4.74 Å². The number of methoxy groups -OCH3 is 1. The first-order valence-corrected chi connectivity index (χ1v) is 5.48. The van der Waals surface area contributed by atoms with E-state index in [9.17, 15) is 4.79 Å². The Morgan fingerprint density at radius 3 is 3.24 bits per heavy atom. The van der Waals surface area contributed by atoms with Gasteiger partial charge in [-0.05, 0) is 0 Å². The van der Waals surface area contributed by atoms with E-state index in [1.165, 1.54) is 13.4 Å². The highest BCUT2D eigenvalue weighted by Crippen LogP contribution is 2.35. The van der Waals surface area contributed by atoms with Crippen molar-refractivity contribution >= 4 is 17.4 Å². The smallest absolute Gasteiger partial charge is 0.248 e. The average Bonchev–Trinajstić information content (AvgIpc) is 2.39. The van der Waals surface area contributed by atoms with Gasteiger partial charge in [0, 0.05) is 19.6 Å². The van der Waals surface area contributed by atoms with Gasteiger partial charge in [-0.2, -0.15) is 4.98 Å². The lowest BCUT2D eigenvalue weighted by atomic mass is 10.1. The predicted molar refractivity (Wildman–Crippen MR) is 61.2 cm³/mol. The summed E-state index contributed by atoms with van der Waals surface area (Å²) in [5, 5.41) is 6.00. The minimum atomic E-state index is -0.198. The van der Waals surface area contributed by atoms with Gasteiger partial charge >= 0.3 is 0 Å². The van der Waals surface area contributed by atoms with Crippen LogP contribution in [0, 0.1) is 0 Å². The number of ether oxygens (including phenoxy) is 1.